The lowest BCUT2D eigenvalue weighted by Gasteiger charge is -2.17. The van der Waals surface area contributed by atoms with Crippen molar-refractivity contribution < 1.29 is 19.1 Å². The van der Waals surface area contributed by atoms with Crippen molar-refractivity contribution in [3.63, 3.8) is 0 Å². The molecule has 3 rings (SSSR count). The van der Waals surface area contributed by atoms with Crippen molar-refractivity contribution in [1.29, 1.82) is 0 Å². The van der Waals surface area contributed by atoms with Crippen LogP contribution in [-0.2, 0) is 4.74 Å². The largest absolute Gasteiger partial charge is 0.495 e. The van der Waals surface area contributed by atoms with E-state index in [1.165, 1.54) is 14.2 Å². The summed E-state index contributed by atoms with van der Waals surface area (Å²) < 4.78 is 11.0. The zero-order chi connectivity index (χ0) is 20.3. The molecule has 0 aliphatic carbocycles. The molecule has 0 aliphatic heterocycles. The van der Waals surface area contributed by atoms with Gasteiger partial charge in [-0.15, -0.1) is 0 Å². The van der Waals surface area contributed by atoms with E-state index in [2.05, 4.69) is 15.9 Å². The van der Waals surface area contributed by atoms with E-state index < -0.39 is 5.97 Å². The summed E-state index contributed by atoms with van der Waals surface area (Å²) in [5.41, 5.74) is 3.81. The van der Waals surface area contributed by atoms with Crippen LogP contribution < -0.4 is 4.74 Å². The Morgan fingerprint density at radius 3 is 2.14 bits per heavy atom. The van der Waals surface area contributed by atoms with Crippen molar-refractivity contribution in [2.75, 3.05) is 14.2 Å². The molecular weight excluding hydrogens is 420 g/mol. The average molecular weight is 439 g/mol. The smallest absolute Gasteiger partial charge is 0.341 e. The van der Waals surface area contributed by atoms with E-state index >= 15 is 0 Å². The molecule has 0 saturated heterocycles. The molecule has 28 heavy (non-hydrogen) atoms. The zero-order valence-electron chi connectivity index (χ0n) is 15.8. The Morgan fingerprint density at radius 2 is 1.50 bits per heavy atom. The van der Waals surface area contributed by atoms with Crippen LogP contribution in [0.1, 0.15) is 31.8 Å². The summed E-state index contributed by atoms with van der Waals surface area (Å²) in [6.07, 6.45) is 0. The van der Waals surface area contributed by atoms with Gasteiger partial charge >= 0.3 is 5.97 Å². The van der Waals surface area contributed by atoms with Crippen molar-refractivity contribution in [3.05, 3.63) is 87.4 Å². The summed E-state index contributed by atoms with van der Waals surface area (Å²) in [5, 5.41) is 0. The van der Waals surface area contributed by atoms with Crippen LogP contribution in [-0.4, -0.2) is 26.0 Å². The predicted octanol–water partition coefficient (Wildman–Crippen LogP) is 5.45. The molecule has 0 N–H and O–H groups in total. The fourth-order valence-corrected chi connectivity index (χ4v) is 3.72. The molecule has 0 saturated carbocycles. The van der Waals surface area contributed by atoms with E-state index in [1.807, 2.05) is 43.3 Å². The fraction of sp³-hybridized carbons (Fsp3) is 0.130. The van der Waals surface area contributed by atoms with E-state index in [9.17, 15) is 9.59 Å². The first-order valence-corrected chi connectivity index (χ1v) is 9.43. The average Bonchev–Trinajstić information content (AvgIpc) is 2.75. The molecule has 0 aliphatic rings. The van der Waals surface area contributed by atoms with E-state index in [0.717, 1.165) is 16.7 Å². The highest BCUT2D eigenvalue weighted by molar-refractivity contribution is 9.10. The Kier molecular flexibility index (Phi) is 5.95. The maximum absolute atomic E-state index is 13.1. The summed E-state index contributed by atoms with van der Waals surface area (Å²) in [7, 11) is 2.82. The molecule has 5 heteroatoms. The van der Waals surface area contributed by atoms with Gasteiger partial charge in [-0.2, -0.15) is 0 Å². The third kappa shape index (κ3) is 3.58. The van der Waals surface area contributed by atoms with Gasteiger partial charge in [-0.25, -0.2) is 4.79 Å². The molecule has 3 aromatic carbocycles. The first-order chi connectivity index (χ1) is 13.5. The zero-order valence-corrected chi connectivity index (χ0v) is 17.4. The predicted molar refractivity (Wildman–Crippen MR) is 112 cm³/mol. The maximum atomic E-state index is 13.1. The quantitative estimate of drug-likeness (QED) is 0.392. The topological polar surface area (TPSA) is 52.6 Å². The van der Waals surface area contributed by atoms with Crippen molar-refractivity contribution >= 4 is 27.7 Å². The second-order valence-electron chi connectivity index (χ2n) is 6.18. The number of methoxy groups -OCH3 is 2. The normalized spacial score (nSPS) is 10.4. The van der Waals surface area contributed by atoms with E-state index in [0.29, 0.717) is 26.9 Å². The SMILES string of the molecule is COC(=O)c1cc(-c2ccccc2C(=O)c2ccccc2)c(C)c(Br)c1OC. The second kappa shape index (κ2) is 8.40. The highest BCUT2D eigenvalue weighted by atomic mass is 79.9. The highest BCUT2D eigenvalue weighted by Crippen LogP contribution is 2.40. The molecule has 4 nitrogen and oxygen atoms in total. The number of esters is 1. The van der Waals surface area contributed by atoms with Crippen LogP contribution in [0.4, 0.5) is 0 Å². The molecule has 0 aromatic heterocycles. The molecule has 0 fully saturated rings. The minimum Gasteiger partial charge on any atom is -0.495 e. The van der Waals surface area contributed by atoms with Crippen LogP contribution in [0.15, 0.2) is 65.1 Å². The van der Waals surface area contributed by atoms with Crippen LogP contribution in [0.3, 0.4) is 0 Å². The van der Waals surface area contributed by atoms with Gasteiger partial charge in [0.15, 0.2) is 5.78 Å². The minimum atomic E-state index is -0.509. The van der Waals surface area contributed by atoms with E-state index in [-0.39, 0.29) is 5.78 Å². The molecule has 0 spiro atoms. The summed E-state index contributed by atoms with van der Waals surface area (Å²) in [6.45, 7) is 1.91. The fourth-order valence-electron chi connectivity index (χ4n) is 3.13. The molecule has 0 amide bonds. The van der Waals surface area contributed by atoms with Gasteiger partial charge in [0, 0.05) is 11.1 Å². The molecule has 3 aromatic rings. The number of ketones is 1. The highest BCUT2D eigenvalue weighted by Gasteiger charge is 2.23. The molecule has 0 unspecified atom stereocenters. The summed E-state index contributed by atoms with van der Waals surface area (Å²) in [4.78, 5) is 25.4. The summed E-state index contributed by atoms with van der Waals surface area (Å²) in [6, 6.07) is 18.2. The van der Waals surface area contributed by atoms with Crippen LogP contribution in [0.2, 0.25) is 0 Å². The molecule has 0 atom stereocenters. The standard InChI is InChI=1S/C23H19BrO4/c1-14-18(13-19(23(26)28-3)22(27-2)20(14)24)16-11-7-8-12-17(16)21(25)15-9-5-4-6-10-15/h4-13H,1-3H3. The van der Waals surface area contributed by atoms with Gasteiger partial charge in [0.25, 0.3) is 0 Å². The summed E-state index contributed by atoms with van der Waals surface area (Å²) >= 11 is 3.53. The van der Waals surface area contributed by atoms with Gasteiger partial charge in [-0.1, -0.05) is 54.6 Å². The lowest BCUT2D eigenvalue weighted by atomic mass is 9.90. The first-order valence-electron chi connectivity index (χ1n) is 8.64. The number of rotatable bonds is 5. The Hall–Kier alpha value is -2.92. The van der Waals surface area contributed by atoms with Crippen LogP contribution in [0, 0.1) is 6.92 Å². The number of hydrogen-bond acceptors (Lipinski definition) is 4. The van der Waals surface area contributed by atoms with E-state index in [1.54, 1.807) is 24.3 Å². The number of halogens is 1. The Bertz CT molecular complexity index is 1040. The summed E-state index contributed by atoms with van der Waals surface area (Å²) in [5.74, 6) is -0.187. The van der Waals surface area contributed by atoms with Crippen LogP contribution >= 0.6 is 15.9 Å². The van der Waals surface area contributed by atoms with Gasteiger partial charge in [0.1, 0.15) is 11.3 Å². The third-order valence-electron chi connectivity index (χ3n) is 4.57. The van der Waals surface area contributed by atoms with Gasteiger partial charge in [0.2, 0.25) is 0 Å². The van der Waals surface area contributed by atoms with Crippen molar-refractivity contribution in [2.45, 2.75) is 6.92 Å². The monoisotopic (exact) mass is 438 g/mol. The number of benzene rings is 3. The van der Waals surface area contributed by atoms with Gasteiger partial charge in [0.05, 0.1) is 18.7 Å². The Morgan fingerprint density at radius 1 is 0.857 bits per heavy atom. The lowest BCUT2D eigenvalue weighted by molar-refractivity contribution is 0.0597. The van der Waals surface area contributed by atoms with Crippen molar-refractivity contribution in [2.24, 2.45) is 0 Å². The number of ether oxygens (including phenoxy) is 2. The number of hydrogen-bond donors (Lipinski definition) is 0. The molecule has 0 bridgehead atoms. The maximum Gasteiger partial charge on any atom is 0.341 e. The lowest BCUT2D eigenvalue weighted by Crippen LogP contribution is -2.08. The Balaban J connectivity index is 2.24. The number of carbonyl (C=O) groups is 2. The first kappa shape index (κ1) is 19.8. The molecular formula is C23H19BrO4. The van der Waals surface area contributed by atoms with Crippen molar-refractivity contribution in [1.82, 2.24) is 0 Å². The van der Waals surface area contributed by atoms with Crippen LogP contribution in [0.5, 0.6) is 5.75 Å². The second-order valence-corrected chi connectivity index (χ2v) is 6.97. The molecule has 142 valence electrons. The third-order valence-corrected chi connectivity index (χ3v) is 5.53. The van der Waals surface area contributed by atoms with Gasteiger partial charge in [-0.3, -0.25) is 4.79 Å². The van der Waals surface area contributed by atoms with Gasteiger partial charge < -0.3 is 9.47 Å². The molecule has 0 heterocycles. The van der Waals surface area contributed by atoms with Crippen molar-refractivity contribution in [3.8, 4) is 16.9 Å². The van der Waals surface area contributed by atoms with E-state index in [4.69, 9.17) is 9.47 Å². The minimum absolute atomic E-state index is 0.0813. The van der Waals surface area contributed by atoms with Crippen LogP contribution in [0.25, 0.3) is 11.1 Å². The molecule has 0 radical (unpaired) electrons. The van der Waals surface area contributed by atoms with Gasteiger partial charge in [-0.05, 0) is 45.6 Å². The Labute approximate surface area is 172 Å². The number of carbonyl (C=O) groups excluding carboxylic acids is 2.